The number of ether oxygens (including phenoxy) is 1. The number of sulfone groups is 1. The van der Waals surface area contributed by atoms with Crippen LogP contribution in [0, 0.1) is 10.1 Å². The van der Waals surface area contributed by atoms with Crippen LogP contribution in [0.3, 0.4) is 0 Å². The van der Waals surface area contributed by atoms with Gasteiger partial charge >= 0.3 is 6.01 Å². The second-order valence-corrected chi connectivity index (χ2v) is 5.92. The molecule has 20 heavy (non-hydrogen) atoms. The Hall–Kier alpha value is -2.56. The summed E-state index contributed by atoms with van der Waals surface area (Å²) in [5.41, 5.74) is 0.324. The first-order chi connectivity index (χ1) is 9.37. The number of hydrogen-bond acceptors (Lipinski definition) is 8. The second kappa shape index (κ2) is 5.21. The van der Waals surface area contributed by atoms with Crippen molar-refractivity contribution < 1.29 is 18.1 Å². The van der Waals surface area contributed by atoms with Crippen molar-refractivity contribution >= 4 is 15.5 Å². The third-order valence-corrected chi connectivity index (χ3v) is 2.69. The van der Waals surface area contributed by atoms with E-state index in [1.165, 1.54) is 24.3 Å². The summed E-state index contributed by atoms with van der Waals surface area (Å²) >= 11 is 0. The van der Waals surface area contributed by atoms with Gasteiger partial charge in [-0.05, 0) is 22.6 Å². The van der Waals surface area contributed by atoms with Gasteiger partial charge in [0, 0.05) is 18.4 Å². The molecule has 2 aromatic rings. The molecule has 0 saturated carbocycles. The Bertz CT molecular complexity index is 723. The van der Waals surface area contributed by atoms with Crippen LogP contribution in [0.4, 0.5) is 5.69 Å². The minimum absolute atomic E-state index is 0.0829. The van der Waals surface area contributed by atoms with E-state index in [1.54, 1.807) is 0 Å². The van der Waals surface area contributed by atoms with Crippen molar-refractivity contribution in [3.63, 3.8) is 0 Å². The number of benzene rings is 1. The summed E-state index contributed by atoms with van der Waals surface area (Å²) < 4.78 is 28.1. The Kier molecular flexibility index (Phi) is 3.61. The first kappa shape index (κ1) is 13.9. The lowest BCUT2D eigenvalue weighted by Gasteiger charge is -2.05. The lowest BCUT2D eigenvalue weighted by atomic mass is 10.3. The molecule has 0 unspecified atom stereocenters. The fourth-order valence-corrected chi connectivity index (χ4v) is 1.63. The molecule has 0 aliphatic heterocycles. The van der Waals surface area contributed by atoms with Gasteiger partial charge in [0.05, 0.1) is 10.6 Å². The summed E-state index contributed by atoms with van der Waals surface area (Å²) in [6.07, 6.45) is 1.01. The van der Waals surface area contributed by atoms with Gasteiger partial charge in [0.2, 0.25) is 0 Å². The number of rotatable bonds is 5. The van der Waals surface area contributed by atoms with Gasteiger partial charge in [-0.25, -0.2) is 8.42 Å². The maximum atomic E-state index is 11.0. The molecule has 0 spiro atoms. The first-order valence-corrected chi connectivity index (χ1v) is 7.26. The van der Waals surface area contributed by atoms with Gasteiger partial charge in [0.1, 0.15) is 0 Å². The molecule has 0 fully saturated rings. The van der Waals surface area contributed by atoms with Crippen molar-refractivity contribution in [3.05, 3.63) is 34.4 Å². The summed E-state index contributed by atoms with van der Waals surface area (Å²) in [6, 6.07) is 5.27. The molecule has 1 aromatic heterocycles. The predicted octanol–water partition coefficient (Wildman–Crippen LogP) is -0.0486. The second-order valence-electron chi connectivity index (χ2n) is 3.83. The van der Waals surface area contributed by atoms with Crippen molar-refractivity contribution in [3.8, 4) is 11.7 Å². The average molecular weight is 299 g/mol. The van der Waals surface area contributed by atoms with Gasteiger partial charge in [-0.3, -0.25) is 10.1 Å². The lowest BCUT2D eigenvalue weighted by Crippen LogP contribution is -2.12. The quantitative estimate of drug-likeness (QED) is 0.554. The maximum Gasteiger partial charge on any atom is 0.341 e. The van der Waals surface area contributed by atoms with Gasteiger partial charge in [-0.1, -0.05) is 5.10 Å². The molecule has 0 radical (unpaired) electrons. The zero-order valence-corrected chi connectivity index (χ0v) is 11.0. The van der Waals surface area contributed by atoms with E-state index in [2.05, 4.69) is 15.5 Å². The zero-order valence-electron chi connectivity index (χ0n) is 10.2. The molecule has 10 nitrogen and oxygen atoms in total. The topological polar surface area (TPSA) is 130 Å². The van der Waals surface area contributed by atoms with E-state index >= 15 is 0 Å². The van der Waals surface area contributed by atoms with Crippen molar-refractivity contribution in [1.29, 1.82) is 0 Å². The first-order valence-electron chi connectivity index (χ1n) is 5.20. The standard InChI is InChI=1S/C9H9N5O5S/c1-20(17,18)6-19-9-10-11-12-13(9)7-2-4-8(5-3-7)14(15)16/h2-5H,6H2,1H3. The Labute approximate surface area is 113 Å². The van der Waals surface area contributed by atoms with Crippen LogP contribution in [-0.2, 0) is 9.84 Å². The number of nitro groups is 1. The van der Waals surface area contributed by atoms with Crippen LogP contribution in [0.2, 0.25) is 0 Å². The number of nitro benzene ring substituents is 1. The van der Waals surface area contributed by atoms with Crippen LogP contribution >= 0.6 is 0 Å². The van der Waals surface area contributed by atoms with Crippen molar-refractivity contribution in [2.45, 2.75) is 0 Å². The number of non-ortho nitro benzene ring substituents is 1. The third-order valence-electron chi connectivity index (χ3n) is 2.15. The summed E-state index contributed by atoms with van der Waals surface area (Å²) in [5.74, 6) is -0.569. The van der Waals surface area contributed by atoms with E-state index in [9.17, 15) is 18.5 Å². The molecule has 1 aromatic carbocycles. The molecule has 106 valence electrons. The Morgan fingerprint density at radius 1 is 1.35 bits per heavy atom. The van der Waals surface area contributed by atoms with Gasteiger partial charge in [0.25, 0.3) is 5.69 Å². The molecule has 0 amide bonds. The SMILES string of the molecule is CS(=O)(=O)COc1nnnn1-c1ccc([N+](=O)[O-])cc1. The molecular formula is C9H9N5O5S. The number of hydrogen-bond donors (Lipinski definition) is 0. The monoisotopic (exact) mass is 299 g/mol. The van der Waals surface area contributed by atoms with Crippen LogP contribution in [-0.4, -0.2) is 45.7 Å². The molecule has 0 saturated heterocycles. The summed E-state index contributed by atoms with van der Waals surface area (Å²) in [5, 5.41) is 21.1. The van der Waals surface area contributed by atoms with Crippen LogP contribution < -0.4 is 4.74 Å². The summed E-state index contributed by atoms with van der Waals surface area (Å²) in [4.78, 5) is 10.0. The molecule has 11 heteroatoms. The van der Waals surface area contributed by atoms with Crippen LogP contribution in [0.5, 0.6) is 6.01 Å². The number of aromatic nitrogens is 4. The average Bonchev–Trinajstić information content (AvgIpc) is 2.84. The Balaban J connectivity index is 2.25. The highest BCUT2D eigenvalue weighted by Crippen LogP contribution is 2.17. The van der Waals surface area contributed by atoms with E-state index < -0.39 is 20.7 Å². The highest BCUT2D eigenvalue weighted by molar-refractivity contribution is 7.90. The molecular weight excluding hydrogens is 290 g/mol. The molecule has 0 N–H and O–H groups in total. The van der Waals surface area contributed by atoms with Crippen molar-refractivity contribution in [2.24, 2.45) is 0 Å². The molecule has 0 aliphatic carbocycles. The fraction of sp³-hybridized carbons (Fsp3) is 0.222. The van der Waals surface area contributed by atoms with Crippen LogP contribution in [0.15, 0.2) is 24.3 Å². The molecule has 0 bridgehead atoms. The normalized spacial score (nSPS) is 11.2. The minimum Gasteiger partial charge on any atom is -0.446 e. The van der Waals surface area contributed by atoms with Gasteiger partial charge in [-0.2, -0.15) is 4.68 Å². The van der Waals surface area contributed by atoms with Crippen molar-refractivity contribution in [1.82, 2.24) is 20.2 Å². The Morgan fingerprint density at radius 3 is 2.55 bits per heavy atom. The minimum atomic E-state index is -3.34. The van der Waals surface area contributed by atoms with Crippen LogP contribution in [0.25, 0.3) is 5.69 Å². The zero-order chi connectivity index (χ0) is 14.8. The van der Waals surface area contributed by atoms with E-state index in [0.717, 1.165) is 10.9 Å². The van der Waals surface area contributed by atoms with E-state index in [4.69, 9.17) is 4.74 Å². The van der Waals surface area contributed by atoms with E-state index in [0.29, 0.717) is 5.69 Å². The van der Waals surface area contributed by atoms with Gasteiger partial charge in [-0.15, -0.1) is 0 Å². The predicted molar refractivity (Wildman–Crippen MR) is 66.1 cm³/mol. The van der Waals surface area contributed by atoms with Gasteiger partial charge < -0.3 is 4.74 Å². The maximum absolute atomic E-state index is 11.0. The van der Waals surface area contributed by atoms with Gasteiger partial charge in [0.15, 0.2) is 15.8 Å². The molecule has 1 heterocycles. The molecule has 0 atom stereocenters. The molecule has 0 aliphatic rings. The third kappa shape index (κ3) is 3.26. The fourth-order valence-electron chi connectivity index (χ4n) is 1.31. The summed E-state index contributed by atoms with van der Waals surface area (Å²) in [6.45, 7) is 0. The number of tetrazole rings is 1. The molecule has 2 rings (SSSR count). The number of nitrogens with zero attached hydrogens (tertiary/aromatic N) is 5. The highest BCUT2D eigenvalue weighted by atomic mass is 32.2. The largest absolute Gasteiger partial charge is 0.446 e. The van der Waals surface area contributed by atoms with E-state index in [1.807, 2.05) is 0 Å². The lowest BCUT2D eigenvalue weighted by molar-refractivity contribution is -0.384. The van der Waals surface area contributed by atoms with Crippen molar-refractivity contribution in [2.75, 3.05) is 12.2 Å². The van der Waals surface area contributed by atoms with E-state index in [-0.39, 0.29) is 11.7 Å². The smallest absolute Gasteiger partial charge is 0.341 e. The highest BCUT2D eigenvalue weighted by Gasteiger charge is 2.13. The van der Waals surface area contributed by atoms with Crippen LogP contribution in [0.1, 0.15) is 0 Å². The summed E-state index contributed by atoms with van der Waals surface area (Å²) in [7, 11) is -3.34. The Morgan fingerprint density at radius 2 is 2.00 bits per heavy atom.